The van der Waals surface area contributed by atoms with Gasteiger partial charge in [-0.1, -0.05) is 19.9 Å². The lowest BCUT2D eigenvalue weighted by Gasteiger charge is -2.22. The second kappa shape index (κ2) is 7.13. The third kappa shape index (κ3) is 5.30. The van der Waals surface area contributed by atoms with E-state index in [2.05, 4.69) is 10.6 Å². The van der Waals surface area contributed by atoms with Gasteiger partial charge in [-0.3, -0.25) is 4.79 Å². The molecule has 1 rings (SSSR count). The van der Waals surface area contributed by atoms with Crippen LogP contribution in [0.2, 0.25) is 0 Å². The number of nitrogens with one attached hydrogen (secondary N) is 2. The Balaban J connectivity index is 2.50. The monoisotopic (exact) mass is 284 g/mol. The van der Waals surface area contributed by atoms with Crippen molar-refractivity contribution in [3.8, 4) is 0 Å². The number of thiophene rings is 1. The third-order valence-electron chi connectivity index (χ3n) is 2.83. The second-order valence-electron chi connectivity index (χ2n) is 4.80. The molecule has 0 spiro atoms. The van der Waals surface area contributed by atoms with E-state index in [9.17, 15) is 9.59 Å². The Hall–Kier alpha value is -1.56. The largest absolute Gasteiger partial charge is 0.481 e. The lowest BCUT2D eigenvalue weighted by molar-refractivity contribution is -0.137. The second-order valence-corrected chi connectivity index (χ2v) is 5.78. The highest BCUT2D eigenvalue weighted by molar-refractivity contribution is 7.10. The molecule has 5 nitrogen and oxygen atoms in total. The van der Waals surface area contributed by atoms with Crippen LogP contribution in [0, 0.1) is 5.92 Å². The van der Waals surface area contributed by atoms with Crippen molar-refractivity contribution in [2.75, 3.05) is 0 Å². The molecule has 106 valence electrons. The number of urea groups is 1. The topological polar surface area (TPSA) is 78.4 Å². The van der Waals surface area contributed by atoms with E-state index in [1.165, 1.54) is 0 Å². The Morgan fingerprint density at radius 2 is 2.00 bits per heavy atom. The first-order valence-electron chi connectivity index (χ1n) is 6.22. The van der Waals surface area contributed by atoms with E-state index in [-0.39, 0.29) is 30.5 Å². The van der Waals surface area contributed by atoms with Crippen LogP contribution in [0.5, 0.6) is 0 Å². The average molecular weight is 284 g/mol. The maximum Gasteiger partial charge on any atom is 0.315 e. The molecule has 2 atom stereocenters. The van der Waals surface area contributed by atoms with Gasteiger partial charge in [0.2, 0.25) is 0 Å². The lowest BCUT2D eigenvalue weighted by Crippen LogP contribution is -2.46. The summed E-state index contributed by atoms with van der Waals surface area (Å²) in [6.07, 6.45) is -0.0710. The Labute approximate surface area is 117 Å². The zero-order valence-corrected chi connectivity index (χ0v) is 12.2. The maximum absolute atomic E-state index is 11.8. The van der Waals surface area contributed by atoms with Crippen LogP contribution in [0.4, 0.5) is 4.79 Å². The molecule has 0 fully saturated rings. The number of hydrogen-bond donors (Lipinski definition) is 3. The molecule has 0 aliphatic carbocycles. The van der Waals surface area contributed by atoms with Crippen molar-refractivity contribution in [3.05, 3.63) is 22.4 Å². The van der Waals surface area contributed by atoms with Crippen molar-refractivity contribution in [1.82, 2.24) is 10.6 Å². The van der Waals surface area contributed by atoms with E-state index >= 15 is 0 Å². The molecule has 1 aromatic heterocycles. The molecule has 0 bridgehead atoms. The van der Waals surface area contributed by atoms with Gasteiger partial charge in [0.05, 0.1) is 12.5 Å². The van der Waals surface area contributed by atoms with Crippen LogP contribution < -0.4 is 10.6 Å². The normalized spacial score (nSPS) is 13.9. The molecular formula is C13H20N2O3S. The zero-order valence-electron chi connectivity index (χ0n) is 11.3. The number of amides is 2. The van der Waals surface area contributed by atoms with Crippen LogP contribution in [0.3, 0.4) is 0 Å². The highest BCUT2D eigenvalue weighted by Gasteiger charge is 2.20. The summed E-state index contributed by atoms with van der Waals surface area (Å²) < 4.78 is 0. The first kappa shape index (κ1) is 15.5. The molecule has 2 unspecified atom stereocenters. The fourth-order valence-electron chi connectivity index (χ4n) is 1.66. The molecule has 0 saturated heterocycles. The molecule has 2 amide bonds. The Morgan fingerprint density at radius 1 is 1.32 bits per heavy atom. The van der Waals surface area contributed by atoms with Crippen molar-refractivity contribution in [2.45, 2.75) is 39.3 Å². The lowest BCUT2D eigenvalue weighted by atomic mass is 10.0. The summed E-state index contributed by atoms with van der Waals surface area (Å²) in [5.74, 6) is -0.843. The van der Waals surface area contributed by atoms with Crippen LogP contribution in [-0.2, 0) is 4.79 Å². The number of rotatable bonds is 6. The van der Waals surface area contributed by atoms with Gasteiger partial charge in [-0.15, -0.1) is 11.3 Å². The van der Waals surface area contributed by atoms with Gasteiger partial charge in [0.25, 0.3) is 0 Å². The molecule has 0 aromatic carbocycles. The number of carbonyl (C=O) groups is 2. The van der Waals surface area contributed by atoms with Crippen LogP contribution in [0.25, 0.3) is 0 Å². The molecule has 0 aliphatic rings. The SMILES string of the molecule is CC(NC(=O)NC(CC(=O)O)C(C)C)c1cccs1. The minimum atomic E-state index is -0.912. The Morgan fingerprint density at radius 3 is 2.47 bits per heavy atom. The molecule has 0 saturated carbocycles. The number of aliphatic carboxylic acids is 1. The van der Waals surface area contributed by atoms with Crippen LogP contribution in [0.1, 0.15) is 38.1 Å². The number of carboxylic acid groups (broad SMARTS) is 1. The van der Waals surface area contributed by atoms with Crippen molar-refractivity contribution in [3.63, 3.8) is 0 Å². The molecule has 1 heterocycles. The van der Waals surface area contributed by atoms with Gasteiger partial charge in [-0.2, -0.15) is 0 Å². The molecule has 19 heavy (non-hydrogen) atoms. The molecular weight excluding hydrogens is 264 g/mol. The summed E-state index contributed by atoms with van der Waals surface area (Å²) in [7, 11) is 0. The Kier molecular flexibility index (Phi) is 5.82. The highest BCUT2D eigenvalue weighted by atomic mass is 32.1. The summed E-state index contributed by atoms with van der Waals surface area (Å²) in [5, 5.41) is 16.3. The summed E-state index contributed by atoms with van der Waals surface area (Å²) in [6.45, 7) is 5.67. The average Bonchev–Trinajstić information content (AvgIpc) is 2.80. The number of carbonyl (C=O) groups excluding carboxylic acids is 1. The third-order valence-corrected chi connectivity index (χ3v) is 3.89. The van der Waals surface area contributed by atoms with Crippen molar-refractivity contribution in [1.29, 1.82) is 0 Å². The summed E-state index contributed by atoms with van der Waals surface area (Å²) in [5.41, 5.74) is 0. The van der Waals surface area contributed by atoms with Crippen LogP contribution >= 0.6 is 11.3 Å². The molecule has 3 N–H and O–H groups in total. The first-order valence-corrected chi connectivity index (χ1v) is 7.10. The van der Waals surface area contributed by atoms with E-state index in [1.807, 2.05) is 38.3 Å². The smallest absolute Gasteiger partial charge is 0.315 e. The van der Waals surface area contributed by atoms with E-state index in [0.717, 1.165) is 4.88 Å². The molecule has 0 aliphatic heterocycles. The number of hydrogen-bond acceptors (Lipinski definition) is 3. The van der Waals surface area contributed by atoms with Crippen molar-refractivity contribution in [2.24, 2.45) is 5.92 Å². The van der Waals surface area contributed by atoms with Gasteiger partial charge in [0.1, 0.15) is 0 Å². The van der Waals surface area contributed by atoms with E-state index in [0.29, 0.717) is 0 Å². The van der Waals surface area contributed by atoms with E-state index < -0.39 is 5.97 Å². The van der Waals surface area contributed by atoms with Gasteiger partial charge in [0.15, 0.2) is 0 Å². The fraction of sp³-hybridized carbons (Fsp3) is 0.538. The predicted octanol–water partition coefficient (Wildman–Crippen LogP) is 2.61. The fourth-order valence-corrected chi connectivity index (χ4v) is 2.39. The predicted molar refractivity (Wildman–Crippen MR) is 75.3 cm³/mol. The van der Waals surface area contributed by atoms with Crippen molar-refractivity contribution < 1.29 is 14.7 Å². The van der Waals surface area contributed by atoms with E-state index in [4.69, 9.17) is 5.11 Å². The maximum atomic E-state index is 11.8. The van der Waals surface area contributed by atoms with Gasteiger partial charge in [-0.25, -0.2) is 4.79 Å². The standard InChI is InChI=1S/C13H20N2O3S/c1-8(2)10(7-12(16)17)15-13(18)14-9(3)11-5-4-6-19-11/h4-6,8-10H,7H2,1-3H3,(H,16,17)(H2,14,15,18). The van der Waals surface area contributed by atoms with Gasteiger partial charge >= 0.3 is 12.0 Å². The zero-order chi connectivity index (χ0) is 14.4. The first-order chi connectivity index (χ1) is 8.90. The number of carboxylic acids is 1. The van der Waals surface area contributed by atoms with Crippen LogP contribution in [-0.4, -0.2) is 23.1 Å². The van der Waals surface area contributed by atoms with E-state index in [1.54, 1.807) is 11.3 Å². The summed E-state index contributed by atoms with van der Waals surface area (Å²) >= 11 is 1.57. The highest BCUT2D eigenvalue weighted by Crippen LogP contribution is 2.18. The van der Waals surface area contributed by atoms with Gasteiger partial charge in [-0.05, 0) is 24.3 Å². The quantitative estimate of drug-likeness (QED) is 0.751. The van der Waals surface area contributed by atoms with Crippen LogP contribution in [0.15, 0.2) is 17.5 Å². The minimum Gasteiger partial charge on any atom is -0.481 e. The van der Waals surface area contributed by atoms with Gasteiger partial charge < -0.3 is 15.7 Å². The van der Waals surface area contributed by atoms with Crippen molar-refractivity contribution >= 4 is 23.3 Å². The van der Waals surface area contributed by atoms with Gasteiger partial charge in [0, 0.05) is 10.9 Å². The molecule has 0 radical (unpaired) electrons. The minimum absolute atomic E-state index is 0.0684. The Bertz CT molecular complexity index is 418. The molecule has 6 heteroatoms. The molecule has 1 aromatic rings. The summed E-state index contributed by atoms with van der Waals surface area (Å²) in [4.78, 5) is 23.6. The summed E-state index contributed by atoms with van der Waals surface area (Å²) in [6, 6.07) is 3.09.